The number of benzene rings is 2. The number of hydrazine groups is 1. The van der Waals surface area contributed by atoms with Crippen LogP contribution in [0.2, 0.25) is 5.02 Å². The van der Waals surface area contributed by atoms with E-state index in [1.165, 1.54) is 10.4 Å². The zero-order chi connectivity index (χ0) is 18.1. The van der Waals surface area contributed by atoms with Crippen LogP contribution in [0.3, 0.4) is 0 Å². The molecule has 3 aromatic rings. The van der Waals surface area contributed by atoms with Gasteiger partial charge in [-0.25, -0.2) is 5.84 Å². The summed E-state index contributed by atoms with van der Waals surface area (Å²) >= 11 is 8.38. The van der Waals surface area contributed by atoms with E-state index in [2.05, 4.69) is 16.3 Å². The van der Waals surface area contributed by atoms with Crippen LogP contribution in [0.5, 0.6) is 0 Å². The van der Waals surface area contributed by atoms with E-state index in [1.54, 1.807) is 5.01 Å². The number of hydrogen-bond donors (Lipinski definition) is 2. The molecule has 6 heteroatoms. The summed E-state index contributed by atoms with van der Waals surface area (Å²) in [6.45, 7) is 1.76. The van der Waals surface area contributed by atoms with Crippen molar-refractivity contribution in [1.29, 1.82) is 0 Å². The van der Waals surface area contributed by atoms with Crippen molar-refractivity contribution < 1.29 is 0 Å². The first-order chi connectivity index (χ1) is 12.6. The van der Waals surface area contributed by atoms with E-state index in [4.69, 9.17) is 23.2 Å². The number of rotatable bonds is 4. The van der Waals surface area contributed by atoms with Crippen molar-refractivity contribution in [2.24, 2.45) is 5.84 Å². The highest BCUT2D eigenvalue weighted by Crippen LogP contribution is 2.37. The Morgan fingerprint density at radius 3 is 2.65 bits per heavy atom. The summed E-state index contributed by atoms with van der Waals surface area (Å²) in [4.78, 5) is 3.82. The summed E-state index contributed by atoms with van der Waals surface area (Å²) in [6, 6.07) is 17.8. The Hall–Kier alpha value is -2.05. The van der Waals surface area contributed by atoms with Gasteiger partial charge < -0.3 is 5.73 Å². The first-order valence-electron chi connectivity index (χ1n) is 8.57. The van der Waals surface area contributed by atoms with Gasteiger partial charge in [0.1, 0.15) is 6.17 Å². The summed E-state index contributed by atoms with van der Waals surface area (Å²) in [5, 5.41) is 4.61. The number of hydrogen-bond acceptors (Lipinski definition) is 5. The van der Waals surface area contributed by atoms with Gasteiger partial charge in [0.05, 0.1) is 11.4 Å². The van der Waals surface area contributed by atoms with Crippen LogP contribution in [-0.2, 0) is 13.0 Å². The molecule has 2 aromatic carbocycles. The normalized spacial score (nSPS) is 15.5. The lowest BCUT2D eigenvalue weighted by Gasteiger charge is -2.41. The second kappa shape index (κ2) is 7.29. The number of para-hydroxylation sites is 2. The molecule has 4 nitrogen and oxygen atoms in total. The van der Waals surface area contributed by atoms with Gasteiger partial charge in [-0.1, -0.05) is 41.9 Å². The van der Waals surface area contributed by atoms with Crippen molar-refractivity contribution in [3.63, 3.8) is 0 Å². The molecule has 1 atom stereocenters. The molecular weight excluding hydrogens is 364 g/mol. The topological polar surface area (TPSA) is 58.5 Å². The first-order valence-corrected chi connectivity index (χ1v) is 9.83. The van der Waals surface area contributed by atoms with E-state index in [-0.39, 0.29) is 6.17 Å². The Kier molecular flexibility index (Phi) is 4.87. The Bertz CT molecular complexity index is 910. The number of anilines is 2. The fraction of sp³-hybridized carbons (Fsp3) is 0.200. The molecule has 4 rings (SSSR count). The van der Waals surface area contributed by atoms with Crippen molar-refractivity contribution >= 4 is 34.3 Å². The zero-order valence-corrected chi connectivity index (χ0v) is 15.9. The first kappa shape index (κ1) is 17.4. The molecule has 0 amide bonds. The van der Waals surface area contributed by atoms with Crippen molar-refractivity contribution in [2.45, 2.75) is 19.1 Å². The van der Waals surface area contributed by atoms with E-state index in [0.717, 1.165) is 30.8 Å². The second-order valence-electron chi connectivity index (χ2n) is 6.45. The number of nitrogens with zero attached hydrogens (tertiary/aromatic N) is 2. The van der Waals surface area contributed by atoms with E-state index >= 15 is 0 Å². The fourth-order valence-electron chi connectivity index (χ4n) is 3.54. The van der Waals surface area contributed by atoms with E-state index in [0.29, 0.717) is 10.7 Å². The third-order valence-electron chi connectivity index (χ3n) is 4.84. The second-order valence-corrected chi connectivity index (χ2v) is 7.86. The van der Waals surface area contributed by atoms with Crippen molar-refractivity contribution in [1.82, 2.24) is 4.90 Å². The highest BCUT2D eigenvalue weighted by atomic mass is 35.5. The fourth-order valence-corrected chi connectivity index (χ4v) is 4.66. The largest absolute Gasteiger partial charge is 0.397 e. The summed E-state index contributed by atoms with van der Waals surface area (Å²) in [7, 11) is 0. The zero-order valence-electron chi connectivity index (χ0n) is 14.3. The molecule has 26 heavy (non-hydrogen) atoms. The minimum atomic E-state index is -0.193. The quantitative estimate of drug-likeness (QED) is 0.397. The molecule has 0 spiro atoms. The summed E-state index contributed by atoms with van der Waals surface area (Å²) in [6.07, 6.45) is 0.827. The lowest BCUT2D eigenvalue weighted by molar-refractivity contribution is 0.174. The van der Waals surface area contributed by atoms with Gasteiger partial charge in [0.25, 0.3) is 0 Å². The van der Waals surface area contributed by atoms with Crippen molar-refractivity contribution in [3.05, 3.63) is 81.0 Å². The smallest absolute Gasteiger partial charge is 0.125 e. The molecule has 0 radical (unpaired) electrons. The molecule has 0 aliphatic carbocycles. The van der Waals surface area contributed by atoms with Crippen LogP contribution in [0.1, 0.15) is 22.2 Å². The molecule has 0 fully saturated rings. The van der Waals surface area contributed by atoms with Gasteiger partial charge in [-0.05, 0) is 41.6 Å². The van der Waals surface area contributed by atoms with E-state index in [9.17, 15) is 0 Å². The molecule has 134 valence electrons. The van der Waals surface area contributed by atoms with Gasteiger partial charge in [-0.15, -0.1) is 11.3 Å². The highest BCUT2D eigenvalue weighted by Gasteiger charge is 2.31. The predicted octanol–water partition coefficient (Wildman–Crippen LogP) is 4.42. The molecule has 0 bridgehead atoms. The van der Waals surface area contributed by atoms with Gasteiger partial charge in [0.2, 0.25) is 0 Å². The molecular formula is C20H21ClN4S. The summed E-state index contributed by atoms with van der Waals surface area (Å²) in [5.74, 6) is 6.62. The number of fused-ring (bicyclic) bond motifs is 1. The van der Waals surface area contributed by atoms with Crippen LogP contribution in [0.15, 0.2) is 60.0 Å². The standard InChI is InChI=1S/C20H21ClN4S/c21-16-6-2-1-5-15(16)20(25(23)18-8-4-3-7-17(18)22)24-11-9-19-14(13-24)10-12-26-19/h1-8,10,12,20H,9,11,13,22-23H2. The molecule has 1 aliphatic heterocycles. The lowest BCUT2D eigenvalue weighted by Crippen LogP contribution is -2.47. The Balaban J connectivity index is 1.76. The monoisotopic (exact) mass is 384 g/mol. The van der Waals surface area contributed by atoms with Crippen LogP contribution < -0.4 is 16.6 Å². The van der Waals surface area contributed by atoms with E-state index < -0.39 is 0 Å². The molecule has 4 N–H and O–H groups in total. The maximum absolute atomic E-state index is 6.62. The molecule has 1 unspecified atom stereocenters. The maximum atomic E-state index is 6.62. The van der Waals surface area contributed by atoms with Crippen LogP contribution in [-0.4, -0.2) is 11.4 Å². The highest BCUT2D eigenvalue weighted by molar-refractivity contribution is 7.10. The summed E-state index contributed by atoms with van der Waals surface area (Å²) < 4.78 is 0. The molecule has 2 heterocycles. The Labute approximate surface area is 162 Å². The summed E-state index contributed by atoms with van der Waals surface area (Å²) in [5.41, 5.74) is 10.00. The number of nitrogens with two attached hydrogens (primary N) is 2. The predicted molar refractivity (Wildman–Crippen MR) is 110 cm³/mol. The average molecular weight is 385 g/mol. The average Bonchev–Trinajstić information content (AvgIpc) is 3.12. The van der Waals surface area contributed by atoms with Gasteiger partial charge in [0.15, 0.2) is 0 Å². The van der Waals surface area contributed by atoms with Gasteiger partial charge in [-0.3, -0.25) is 9.91 Å². The third kappa shape index (κ3) is 3.19. The van der Waals surface area contributed by atoms with Gasteiger partial charge in [0, 0.05) is 28.6 Å². The lowest BCUT2D eigenvalue weighted by atomic mass is 10.0. The molecule has 1 aliphatic rings. The maximum Gasteiger partial charge on any atom is 0.125 e. The third-order valence-corrected chi connectivity index (χ3v) is 6.21. The number of halogens is 1. The SMILES string of the molecule is Nc1ccccc1N(N)C(c1ccccc1Cl)N1CCc2sccc2C1. The molecule has 0 saturated heterocycles. The van der Waals surface area contributed by atoms with Crippen molar-refractivity contribution in [3.8, 4) is 0 Å². The minimum absolute atomic E-state index is 0.193. The molecule has 0 saturated carbocycles. The van der Waals surface area contributed by atoms with E-state index in [1.807, 2.05) is 59.9 Å². The minimum Gasteiger partial charge on any atom is -0.397 e. The van der Waals surface area contributed by atoms with Gasteiger partial charge in [-0.2, -0.15) is 0 Å². The number of thiophene rings is 1. The van der Waals surface area contributed by atoms with Crippen LogP contribution >= 0.6 is 22.9 Å². The van der Waals surface area contributed by atoms with Gasteiger partial charge >= 0.3 is 0 Å². The van der Waals surface area contributed by atoms with Crippen molar-refractivity contribution in [2.75, 3.05) is 17.3 Å². The molecule has 1 aromatic heterocycles. The van der Waals surface area contributed by atoms with Crippen LogP contribution in [0, 0.1) is 0 Å². The number of nitrogen functional groups attached to an aromatic ring is 1. The Morgan fingerprint density at radius 1 is 1.08 bits per heavy atom. The Morgan fingerprint density at radius 2 is 1.85 bits per heavy atom. The van der Waals surface area contributed by atoms with Crippen LogP contribution in [0.4, 0.5) is 11.4 Å². The van der Waals surface area contributed by atoms with Crippen LogP contribution in [0.25, 0.3) is 0 Å².